The Labute approximate surface area is 232 Å². The predicted octanol–water partition coefficient (Wildman–Crippen LogP) is 2.95. The fourth-order valence-electron chi connectivity index (χ4n) is 3.18. The largest absolute Gasteiger partial charge is 0.394 e. The molecule has 0 aliphatic heterocycles. The second-order valence-corrected chi connectivity index (χ2v) is 8.70. The number of aliphatic hydroxyl groups excluding tert-OH is 2. The second kappa shape index (κ2) is 41.1. The van der Waals surface area contributed by atoms with Crippen LogP contribution in [0.1, 0.15) is 71.1 Å². The van der Waals surface area contributed by atoms with Crippen LogP contribution in [0.2, 0.25) is 0 Å². The summed E-state index contributed by atoms with van der Waals surface area (Å²) in [6.45, 7) is 9.95. The van der Waals surface area contributed by atoms with Crippen molar-refractivity contribution in [1.82, 2.24) is 0 Å². The number of rotatable bonds is 32. The Hall–Kier alpha value is -0.400. The summed E-state index contributed by atoms with van der Waals surface area (Å²) in [5.74, 6) is 0. The van der Waals surface area contributed by atoms with Crippen molar-refractivity contribution in [1.29, 1.82) is 0 Å². The molecule has 0 amide bonds. The van der Waals surface area contributed by atoms with Gasteiger partial charge in [0.25, 0.3) is 0 Å². The van der Waals surface area contributed by atoms with E-state index in [1.165, 1.54) is 64.2 Å². The minimum Gasteiger partial charge on any atom is -0.394 e. The molecule has 0 unspecified atom stereocenters. The van der Waals surface area contributed by atoms with Gasteiger partial charge in [-0.1, -0.05) is 64.7 Å². The molecule has 10 nitrogen and oxygen atoms in total. The van der Waals surface area contributed by atoms with E-state index in [4.69, 9.17) is 49.1 Å². The molecular formula is C28H61NO9. The zero-order valence-corrected chi connectivity index (χ0v) is 24.4. The minimum atomic E-state index is 0.0312. The molecule has 0 radical (unpaired) electrons. The van der Waals surface area contributed by atoms with E-state index in [1.54, 1.807) is 0 Å². The van der Waals surface area contributed by atoms with Crippen LogP contribution in [0.3, 0.4) is 0 Å². The van der Waals surface area contributed by atoms with Crippen LogP contribution in [-0.2, 0) is 33.2 Å². The number of unbranched alkanes of at least 4 members (excludes halogenated alkanes) is 9. The van der Waals surface area contributed by atoms with Crippen molar-refractivity contribution >= 4 is 0 Å². The summed E-state index contributed by atoms with van der Waals surface area (Å²) in [4.78, 5) is 0. The summed E-state index contributed by atoms with van der Waals surface area (Å²) in [5.41, 5.74) is 5.42. The van der Waals surface area contributed by atoms with Crippen LogP contribution in [0, 0.1) is 0 Å². The number of aliphatic hydroxyl groups is 2. The van der Waals surface area contributed by atoms with Gasteiger partial charge in [-0.25, -0.2) is 0 Å². The topological polar surface area (TPSA) is 131 Å². The minimum absolute atomic E-state index is 0.0312. The molecule has 0 saturated heterocycles. The summed E-state index contributed by atoms with van der Waals surface area (Å²) < 4.78 is 36.7. The molecule has 0 saturated carbocycles. The SMILES string of the molecule is CCCCCCCCCCCCN.OCCOCCOCCOCCOCCOCCOCCOCCO. The third kappa shape index (κ3) is 42.7. The van der Waals surface area contributed by atoms with Crippen molar-refractivity contribution in [2.45, 2.75) is 71.1 Å². The molecule has 0 aromatic heterocycles. The van der Waals surface area contributed by atoms with E-state index < -0.39 is 0 Å². The van der Waals surface area contributed by atoms with Gasteiger partial charge in [0.05, 0.1) is 106 Å². The summed E-state index contributed by atoms with van der Waals surface area (Å²) in [6.07, 6.45) is 13.9. The predicted molar refractivity (Wildman–Crippen MR) is 151 cm³/mol. The smallest absolute Gasteiger partial charge is 0.0701 e. The third-order valence-electron chi connectivity index (χ3n) is 5.26. The van der Waals surface area contributed by atoms with Crippen LogP contribution in [0.5, 0.6) is 0 Å². The average Bonchev–Trinajstić information content (AvgIpc) is 2.93. The highest BCUT2D eigenvalue weighted by molar-refractivity contribution is 4.47. The summed E-state index contributed by atoms with van der Waals surface area (Å²) in [7, 11) is 0. The number of hydrogen-bond acceptors (Lipinski definition) is 10. The van der Waals surface area contributed by atoms with Gasteiger partial charge in [0.2, 0.25) is 0 Å². The van der Waals surface area contributed by atoms with Crippen LogP contribution < -0.4 is 5.73 Å². The van der Waals surface area contributed by atoms with Crippen LogP contribution in [0.15, 0.2) is 0 Å². The van der Waals surface area contributed by atoms with Gasteiger partial charge in [-0.2, -0.15) is 0 Å². The zero-order valence-electron chi connectivity index (χ0n) is 24.4. The molecule has 0 bridgehead atoms. The standard InChI is InChI=1S/C16H34O9.C12H27N/c17-1-3-19-5-7-21-9-11-23-13-15-25-16-14-24-12-10-22-8-6-20-4-2-18;1-2-3-4-5-6-7-8-9-10-11-12-13/h17-18H,1-16H2;2-13H2,1H3. The van der Waals surface area contributed by atoms with Gasteiger partial charge >= 0.3 is 0 Å². The Kier molecular flexibility index (Phi) is 43.0. The van der Waals surface area contributed by atoms with Crippen LogP contribution in [0.25, 0.3) is 0 Å². The molecule has 0 aliphatic rings. The molecule has 4 N–H and O–H groups in total. The highest BCUT2D eigenvalue weighted by atomic mass is 16.6. The maximum absolute atomic E-state index is 8.50. The molecule has 0 aromatic rings. The van der Waals surface area contributed by atoms with Crippen molar-refractivity contribution in [3.63, 3.8) is 0 Å². The fourth-order valence-corrected chi connectivity index (χ4v) is 3.18. The molecule has 0 atom stereocenters. The first-order chi connectivity index (χ1) is 18.8. The maximum atomic E-state index is 8.50. The van der Waals surface area contributed by atoms with Gasteiger partial charge in [-0.15, -0.1) is 0 Å². The lowest BCUT2D eigenvalue weighted by Gasteiger charge is -2.08. The molecule has 0 aromatic carbocycles. The average molecular weight is 556 g/mol. The number of hydrogen-bond donors (Lipinski definition) is 3. The van der Waals surface area contributed by atoms with E-state index in [0.717, 1.165) is 6.54 Å². The molecule has 0 aliphatic carbocycles. The van der Waals surface area contributed by atoms with Gasteiger partial charge < -0.3 is 49.1 Å². The Morgan fingerprint density at radius 2 is 0.605 bits per heavy atom. The molecular weight excluding hydrogens is 494 g/mol. The molecule has 0 fully saturated rings. The summed E-state index contributed by atoms with van der Waals surface area (Å²) in [6, 6.07) is 0. The molecule has 0 heterocycles. The molecule has 232 valence electrons. The normalized spacial score (nSPS) is 11.1. The lowest BCUT2D eigenvalue weighted by Crippen LogP contribution is -2.14. The summed E-state index contributed by atoms with van der Waals surface area (Å²) in [5, 5.41) is 17.0. The van der Waals surface area contributed by atoms with E-state index >= 15 is 0 Å². The van der Waals surface area contributed by atoms with Gasteiger partial charge in [0.1, 0.15) is 0 Å². The van der Waals surface area contributed by atoms with Gasteiger partial charge in [0.15, 0.2) is 0 Å². The van der Waals surface area contributed by atoms with Crippen LogP contribution in [-0.4, -0.2) is 122 Å². The van der Waals surface area contributed by atoms with Crippen LogP contribution >= 0.6 is 0 Å². The van der Waals surface area contributed by atoms with Crippen molar-refractivity contribution in [3.05, 3.63) is 0 Å². The number of nitrogens with two attached hydrogens (primary N) is 1. The Balaban J connectivity index is 0. The first-order valence-corrected chi connectivity index (χ1v) is 14.8. The Morgan fingerprint density at radius 3 is 0.842 bits per heavy atom. The fraction of sp³-hybridized carbons (Fsp3) is 1.00. The Bertz CT molecular complexity index is 350. The van der Waals surface area contributed by atoms with E-state index in [-0.39, 0.29) is 13.2 Å². The van der Waals surface area contributed by atoms with Crippen molar-refractivity contribution in [2.24, 2.45) is 5.73 Å². The highest BCUT2D eigenvalue weighted by Gasteiger charge is 1.95. The Morgan fingerprint density at radius 1 is 0.368 bits per heavy atom. The monoisotopic (exact) mass is 555 g/mol. The molecule has 0 spiro atoms. The lowest BCUT2D eigenvalue weighted by molar-refractivity contribution is -0.0223. The second-order valence-electron chi connectivity index (χ2n) is 8.70. The highest BCUT2D eigenvalue weighted by Crippen LogP contribution is 2.09. The van der Waals surface area contributed by atoms with Crippen LogP contribution in [0.4, 0.5) is 0 Å². The van der Waals surface area contributed by atoms with E-state index in [1.807, 2.05) is 0 Å². The van der Waals surface area contributed by atoms with E-state index in [2.05, 4.69) is 6.92 Å². The van der Waals surface area contributed by atoms with E-state index in [9.17, 15) is 0 Å². The molecule has 10 heteroatoms. The maximum Gasteiger partial charge on any atom is 0.0701 e. The third-order valence-corrected chi connectivity index (χ3v) is 5.26. The number of ether oxygens (including phenoxy) is 7. The molecule has 38 heavy (non-hydrogen) atoms. The first-order valence-electron chi connectivity index (χ1n) is 14.8. The van der Waals surface area contributed by atoms with E-state index in [0.29, 0.717) is 92.5 Å². The van der Waals surface area contributed by atoms with Gasteiger partial charge in [-0.05, 0) is 13.0 Å². The van der Waals surface area contributed by atoms with Crippen molar-refractivity contribution < 1.29 is 43.4 Å². The van der Waals surface area contributed by atoms with Crippen molar-refractivity contribution in [3.8, 4) is 0 Å². The van der Waals surface area contributed by atoms with Gasteiger partial charge in [-0.3, -0.25) is 0 Å². The lowest BCUT2D eigenvalue weighted by atomic mass is 10.1. The zero-order chi connectivity index (χ0) is 28.0. The molecule has 0 rings (SSSR count). The summed E-state index contributed by atoms with van der Waals surface area (Å²) >= 11 is 0. The van der Waals surface area contributed by atoms with Gasteiger partial charge in [0, 0.05) is 0 Å². The van der Waals surface area contributed by atoms with Crippen molar-refractivity contribution in [2.75, 3.05) is 112 Å². The quantitative estimate of drug-likeness (QED) is 0.106. The first kappa shape index (κ1) is 39.7.